The van der Waals surface area contributed by atoms with E-state index in [0.717, 1.165) is 0 Å². The van der Waals surface area contributed by atoms with Crippen molar-refractivity contribution in [1.29, 1.82) is 0 Å². The molecule has 16 heavy (non-hydrogen) atoms. The van der Waals surface area contributed by atoms with Crippen molar-refractivity contribution >= 4 is 0 Å². The lowest BCUT2D eigenvalue weighted by Gasteiger charge is -2.42. The molecule has 1 aromatic rings. The van der Waals surface area contributed by atoms with Gasteiger partial charge in [0, 0.05) is 30.4 Å². The molecule has 1 N–H and O–H groups in total. The van der Waals surface area contributed by atoms with Crippen LogP contribution in [-0.2, 0) is 6.42 Å². The summed E-state index contributed by atoms with van der Waals surface area (Å²) in [5, 5.41) is 0. The molecule has 0 aromatic carbocycles. The normalized spacial score (nSPS) is 26.1. The second kappa shape index (κ2) is 4.62. The highest BCUT2D eigenvalue weighted by Crippen LogP contribution is 2.37. The predicted octanol–water partition coefficient (Wildman–Crippen LogP) is 3.37. The highest BCUT2D eigenvalue weighted by Gasteiger charge is 2.33. The molecule has 0 aliphatic carbocycles. The van der Waals surface area contributed by atoms with Gasteiger partial charge in [-0.1, -0.05) is 20.8 Å². The lowest BCUT2D eigenvalue weighted by molar-refractivity contribution is 0.0946. The molecule has 0 amide bonds. The Morgan fingerprint density at radius 2 is 2.25 bits per heavy atom. The Morgan fingerprint density at radius 1 is 1.50 bits per heavy atom. The van der Waals surface area contributed by atoms with E-state index in [2.05, 4.69) is 49.8 Å². The Kier molecular flexibility index (Phi) is 3.38. The average Bonchev–Trinajstić information content (AvgIpc) is 2.65. The minimum atomic E-state index is 0.602. The van der Waals surface area contributed by atoms with E-state index in [1.54, 1.807) is 0 Å². The molecular weight excluding hydrogens is 196 g/mol. The lowest BCUT2D eigenvalue weighted by atomic mass is 9.87. The maximum absolute atomic E-state index is 3.41. The second-order valence-electron chi connectivity index (χ2n) is 5.39. The molecule has 0 spiro atoms. The number of nitrogens with one attached hydrogen (secondary N) is 1. The number of hydrogen-bond acceptors (Lipinski definition) is 1. The van der Waals surface area contributed by atoms with Gasteiger partial charge in [-0.3, -0.25) is 4.90 Å². The molecule has 2 nitrogen and oxygen atoms in total. The van der Waals surface area contributed by atoms with Gasteiger partial charge in [0.05, 0.1) is 0 Å². The van der Waals surface area contributed by atoms with Crippen molar-refractivity contribution in [2.45, 2.75) is 52.6 Å². The lowest BCUT2D eigenvalue weighted by Crippen LogP contribution is -2.44. The van der Waals surface area contributed by atoms with Crippen molar-refractivity contribution in [2.75, 3.05) is 6.54 Å². The molecule has 2 atom stereocenters. The summed E-state index contributed by atoms with van der Waals surface area (Å²) < 4.78 is 0. The summed E-state index contributed by atoms with van der Waals surface area (Å²) in [6.45, 7) is 10.5. The van der Waals surface area contributed by atoms with Crippen molar-refractivity contribution < 1.29 is 0 Å². The van der Waals surface area contributed by atoms with Crippen LogP contribution in [0.15, 0.2) is 12.3 Å². The third-order valence-corrected chi connectivity index (χ3v) is 3.72. The number of nitrogens with zero attached hydrogens (tertiary/aromatic N) is 1. The van der Waals surface area contributed by atoms with Crippen LogP contribution in [0.25, 0.3) is 0 Å². The van der Waals surface area contributed by atoms with E-state index in [0.29, 0.717) is 18.0 Å². The second-order valence-corrected chi connectivity index (χ2v) is 5.39. The van der Waals surface area contributed by atoms with Crippen molar-refractivity contribution in [2.24, 2.45) is 5.92 Å². The third-order valence-electron chi connectivity index (χ3n) is 3.72. The quantitative estimate of drug-likeness (QED) is 0.827. The molecule has 1 aliphatic heterocycles. The molecule has 0 fully saturated rings. The van der Waals surface area contributed by atoms with Gasteiger partial charge in [0.2, 0.25) is 0 Å². The molecule has 1 aliphatic rings. The highest BCUT2D eigenvalue weighted by molar-refractivity contribution is 5.28. The van der Waals surface area contributed by atoms with Gasteiger partial charge >= 0.3 is 0 Å². The largest absolute Gasteiger partial charge is 0.365 e. The maximum atomic E-state index is 3.41. The maximum Gasteiger partial charge on any atom is 0.0391 e. The van der Waals surface area contributed by atoms with Gasteiger partial charge in [-0.25, -0.2) is 0 Å². The van der Waals surface area contributed by atoms with Crippen LogP contribution in [0, 0.1) is 5.92 Å². The van der Waals surface area contributed by atoms with Gasteiger partial charge in [-0.05, 0) is 37.4 Å². The van der Waals surface area contributed by atoms with Crippen LogP contribution >= 0.6 is 0 Å². The van der Waals surface area contributed by atoms with E-state index < -0.39 is 0 Å². The molecular formula is C14H24N2. The van der Waals surface area contributed by atoms with E-state index >= 15 is 0 Å². The SMILES string of the molecule is CCCN1C(C)Cc2[nH]ccc2C1C(C)C. The van der Waals surface area contributed by atoms with Gasteiger partial charge in [-0.2, -0.15) is 0 Å². The zero-order valence-electron chi connectivity index (χ0n) is 11.0. The van der Waals surface area contributed by atoms with Crippen molar-refractivity contribution in [3.05, 3.63) is 23.5 Å². The summed E-state index contributed by atoms with van der Waals surface area (Å²) >= 11 is 0. The van der Waals surface area contributed by atoms with Crippen molar-refractivity contribution in [1.82, 2.24) is 9.88 Å². The van der Waals surface area contributed by atoms with Crippen LogP contribution in [0.5, 0.6) is 0 Å². The molecule has 2 unspecified atom stereocenters. The Bertz CT molecular complexity index is 340. The Morgan fingerprint density at radius 3 is 2.88 bits per heavy atom. The van der Waals surface area contributed by atoms with Crippen LogP contribution < -0.4 is 0 Å². The van der Waals surface area contributed by atoms with E-state index in [4.69, 9.17) is 0 Å². The summed E-state index contributed by atoms with van der Waals surface area (Å²) in [6, 6.07) is 3.54. The monoisotopic (exact) mass is 220 g/mol. The van der Waals surface area contributed by atoms with Crippen LogP contribution in [0.1, 0.15) is 51.4 Å². The third kappa shape index (κ3) is 1.91. The topological polar surface area (TPSA) is 19.0 Å². The summed E-state index contributed by atoms with van der Waals surface area (Å²) in [5.74, 6) is 0.684. The highest BCUT2D eigenvalue weighted by atomic mass is 15.2. The summed E-state index contributed by atoms with van der Waals surface area (Å²) in [7, 11) is 0. The van der Waals surface area contributed by atoms with Gasteiger partial charge in [0.25, 0.3) is 0 Å². The molecule has 90 valence electrons. The number of hydrogen-bond donors (Lipinski definition) is 1. The minimum absolute atomic E-state index is 0.602. The first kappa shape index (κ1) is 11.7. The van der Waals surface area contributed by atoms with Crippen molar-refractivity contribution in [3.8, 4) is 0 Å². The number of H-pyrrole nitrogens is 1. The van der Waals surface area contributed by atoms with Crippen LogP contribution in [0.2, 0.25) is 0 Å². The van der Waals surface area contributed by atoms with Gasteiger partial charge in [0.15, 0.2) is 0 Å². The summed E-state index contributed by atoms with van der Waals surface area (Å²) in [6.07, 6.45) is 4.51. The van der Waals surface area contributed by atoms with Crippen molar-refractivity contribution in [3.63, 3.8) is 0 Å². The number of aromatic nitrogens is 1. The average molecular weight is 220 g/mol. The molecule has 2 heteroatoms. The fraction of sp³-hybridized carbons (Fsp3) is 0.714. The Hall–Kier alpha value is -0.760. The molecule has 0 saturated heterocycles. The van der Waals surface area contributed by atoms with E-state index in [1.165, 1.54) is 30.6 Å². The zero-order valence-corrected chi connectivity index (χ0v) is 11.0. The standard InChI is InChI=1S/C14H24N2/c1-5-8-16-11(4)9-13-12(6-7-15-13)14(16)10(2)3/h6-7,10-11,14-15H,5,8-9H2,1-4H3. The first-order valence-electron chi connectivity index (χ1n) is 6.57. The number of rotatable bonds is 3. The smallest absolute Gasteiger partial charge is 0.0391 e. The Balaban J connectivity index is 2.33. The molecule has 0 saturated carbocycles. The van der Waals surface area contributed by atoms with Gasteiger partial charge in [-0.15, -0.1) is 0 Å². The molecule has 2 rings (SSSR count). The summed E-state index contributed by atoms with van der Waals surface area (Å²) in [4.78, 5) is 6.09. The zero-order chi connectivity index (χ0) is 11.7. The van der Waals surface area contributed by atoms with E-state index in [-0.39, 0.29) is 0 Å². The fourth-order valence-electron chi connectivity index (χ4n) is 3.10. The molecule has 2 heterocycles. The number of fused-ring (bicyclic) bond motifs is 1. The van der Waals surface area contributed by atoms with Crippen LogP contribution in [-0.4, -0.2) is 22.5 Å². The minimum Gasteiger partial charge on any atom is -0.365 e. The molecule has 1 aromatic heterocycles. The first-order valence-corrected chi connectivity index (χ1v) is 6.57. The molecule has 0 radical (unpaired) electrons. The van der Waals surface area contributed by atoms with Gasteiger partial charge < -0.3 is 4.98 Å². The van der Waals surface area contributed by atoms with E-state index in [1.807, 2.05) is 0 Å². The first-order chi connectivity index (χ1) is 7.65. The Labute approximate surface area is 99.0 Å². The number of aromatic amines is 1. The predicted molar refractivity (Wildman–Crippen MR) is 68.5 cm³/mol. The van der Waals surface area contributed by atoms with Crippen LogP contribution in [0.4, 0.5) is 0 Å². The fourth-order valence-corrected chi connectivity index (χ4v) is 3.10. The summed E-state index contributed by atoms with van der Waals surface area (Å²) in [5.41, 5.74) is 2.99. The van der Waals surface area contributed by atoms with Gasteiger partial charge in [0.1, 0.15) is 0 Å². The van der Waals surface area contributed by atoms with Crippen LogP contribution in [0.3, 0.4) is 0 Å². The molecule has 0 bridgehead atoms. The van der Waals surface area contributed by atoms with E-state index in [9.17, 15) is 0 Å².